The third-order valence-corrected chi connectivity index (χ3v) is 3.46. The molecule has 1 aromatic heterocycles. The van der Waals surface area contributed by atoms with Gasteiger partial charge in [-0.3, -0.25) is 5.43 Å². The molecule has 3 nitrogen and oxygen atoms in total. The Kier molecular flexibility index (Phi) is 3.06. The molecule has 3 rings (SSSR count). The van der Waals surface area contributed by atoms with Crippen molar-refractivity contribution in [3.8, 4) is 11.3 Å². The Bertz CT molecular complexity index is 558. The molecule has 92 valence electrons. The van der Waals surface area contributed by atoms with E-state index in [0.717, 1.165) is 16.4 Å². The first-order chi connectivity index (χ1) is 8.81. The molecule has 0 atom stereocenters. The average molecular weight is 261 g/mol. The monoisotopic (exact) mass is 261 g/mol. The Morgan fingerprint density at radius 2 is 2.11 bits per heavy atom. The van der Waals surface area contributed by atoms with Crippen molar-refractivity contribution in [3.63, 3.8) is 0 Å². The first kappa shape index (κ1) is 11.3. The molecule has 1 heterocycles. The Morgan fingerprint density at radius 1 is 1.33 bits per heavy atom. The van der Waals surface area contributed by atoms with Gasteiger partial charge in [0.1, 0.15) is 5.82 Å². The Balaban J connectivity index is 1.70. The highest BCUT2D eigenvalue weighted by Gasteiger charge is 2.18. The summed E-state index contributed by atoms with van der Waals surface area (Å²) < 4.78 is 12.8. The van der Waals surface area contributed by atoms with Gasteiger partial charge < -0.3 is 0 Å². The molecule has 1 aliphatic carbocycles. The molecular weight excluding hydrogens is 249 g/mol. The van der Waals surface area contributed by atoms with Crippen molar-refractivity contribution in [3.05, 3.63) is 35.5 Å². The van der Waals surface area contributed by atoms with Gasteiger partial charge in [0.15, 0.2) is 0 Å². The summed E-state index contributed by atoms with van der Waals surface area (Å²) in [6.07, 6.45) is 4.41. The van der Waals surface area contributed by atoms with Gasteiger partial charge in [0, 0.05) is 17.2 Å². The molecule has 1 fully saturated rings. The van der Waals surface area contributed by atoms with E-state index < -0.39 is 0 Å². The zero-order chi connectivity index (χ0) is 12.4. The fourth-order valence-corrected chi connectivity index (χ4v) is 2.19. The van der Waals surface area contributed by atoms with Gasteiger partial charge in [0.25, 0.3) is 0 Å². The van der Waals surface area contributed by atoms with Crippen LogP contribution in [-0.2, 0) is 0 Å². The maximum absolute atomic E-state index is 12.8. The molecule has 1 N–H and O–H groups in total. The van der Waals surface area contributed by atoms with Crippen LogP contribution in [0.3, 0.4) is 0 Å². The second-order valence-electron chi connectivity index (χ2n) is 4.27. The molecule has 0 unspecified atom stereocenters. The van der Waals surface area contributed by atoms with E-state index in [1.165, 1.54) is 36.3 Å². The van der Waals surface area contributed by atoms with Crippen LogP contribution in [0.5, 0.6) is 0 Å². The molecule has 5 heteroatoms. The summed E-state index contributed by atoms with van der Waals surface area (Å²) in [5, 5.41) is 6.83. The number of rotatable bonds is 4. The van der Waals surface area contributed by atoms with E-state index in [9.17, 15) is 4.39 Å². The number of benzene rings is 1. The number of thiazole rings is 1. The predicted molar refractivity (Wildman–Crippen MR) is 72.3 cm³/mol. The molecular formula is C13H12FN3S. The lowest BCUT2D eigenvalue weighted by molar-refractivity contribution is 0.628. The molecule has 0 radical (unpaired) electrons. The van der Waals surface area contributed by atoms with Crippen molar-refractivity contribution >= 4 is 22.7 Å². The number of aromatic nitrogens is 1. The third-order valence-electron chi connectivity index (χ3n) is 2.71. The number of hydrogen-bond acceptors (Lipinski definition) is 4. The fourth-order valence-electron chi connectivity index (χ4n) is 1.52. The second kappa shape index (κ2) is 4.86. The van der Waals surface area contributed by atoms with E-state index in [0.29, 0.717) is 5.92 Å². The third kappa shape index (κ3) is 2.73. The summed E-state index contributed by atoms with van der Waals surface area (Å²) in [5.41, 5.74) is 4.67. The van der Waals surface area contributed by atoms with Crippen LogP contribution in [0.2, 0.25) is 0 Å². The summed E-state index contributed by atoms with van der Waals surface area (Å²) in [5.74, 6) is 0.412. The van der Waals surface area contributed by atoms with Gasteiger partial charge in [-0.2, -0.15) is 5.10 Å². The number of hydrogen-bond donors (Lipinski definition) is 1. The minimum atomic E-state index is -0.235. The largest absolute Gasteiger partial charge is 0.253 e. The van der Waals surface area contributed by atoms with Crippen LogP contribution in [0.1, 0.15) is 12.8 Å². The van der Waals surface area contributed by atoms with Gasteiger partial charge in [-0.1, -0.05) is 0 Å². The highest BCUT2D eigenvalue weighted by molar-refractivity contribution is 7.14. The van der Waals surface area contributed by atoms with Crippen molar-refractivity contribution < 1.29 is 4.39 Å². The second-order valence-corrected chi connectivity index (χ2v) is 5.13. The molecule has 0 spiro atoms. The molecule has 2 aromatic rings. The van der Waals surface area contributed by atoms with Crippen molar-refractivity contribution in [1.82, 2.24) is 4.98 Å². The van der Waals surface area contributed by atoms with Gasteiger partial charge in [0.05, 0.1) is 5.69 Å². The Hall–Kier alpha value is -1.75. The summed E-state index contributed by atoms with van der Waals surface area (Å²) in [7, 11) is 0. The van der Waals surface area contributed by atoms with Crippen molar-refractivity contribution in [2.24, 2.45) is 11.0 Å². The molecule has 1 aliphatic rings. The van der Waals surface area contributed by atoms with Crippen molar-refractivity contribution in [1.29, 1.82) is 0 Å². The van der Waals surface area contributed by atoms with E-state index in [1.54, 1.807) is 12.1 Å². The van der Waals surface area contributed by atoms with E-state index in [4.69, 9.17) is 0 Å². The minimum absolute atomic E-state index is 0.235. The van der Waals surface area contributed by atoms with Crippen LogP contribution in [0.15, 0.2) is 34.7 Å². The molecule has 18 heavy (non-hydrogen) atoms. The van der Waals surface area contributed by atoms with Crippen LogP contribution >= 0.6 is 11.3 Å². The summed E-state index contributed by atoms with van der Waals surface area (Å²) in [4.78, 5) is 4.40. The lowest BCUT2D eigenvalue weighted by Crippen LogP contribution is -1.89. The van der Waals surface area contributed by atoms with Gasteiger partial charge in [-0.25, -0.2) is 9.37 Å². The molecule has 0 bridgehead atoms. The average Bonchev–Trinajstić information content (AvgIpc) is 3.08. The number of nitrogens with one attached hydrogen (secondary N) is 1. The summed E-state index contributed by atoms with van der Waals surface area (Å²) in [6.45, 7) is 0. The topological polar surface area (TPSA) is 37.3 Å². The van der Waals surface area contributed by atoms with Crippen LogP contribution < -0.4 is 5.43 Å². The maximum atomic E-state index is 12.8. The van der Waals surface area contributed by atoms with Crippen LogP contribution in [0, 0.1) is 11.7 Å². The minimum Gasteiger partial charge on any atom is -0.253 e. The number of anilines is 1. The molecule has 1 aromatic carbocycles. The standard InChI is InChI=1S/C13H12FN3S/c14-11-5-3-10(4-6-11)12-8-18-13(16-12)17-15-7-9-1-2-9/h3-9H,1-2H2,(H,16,17)/b15-7+. The molecule has 1 saturated carbocycles. The highest BCUT2D eigenvalue weighted by atomic mass is 32.1. The van der Waals surface area contributed by atoms with E-state index in [2.05, 4.69) is 15.5 Å². The summed E-state index contributed by atoms with van der Waals surface area (Å²) in [6, 6.07) is 6.32. The quantitative estimate of drug-likeness (QED) is 0.672. The maximum Gasteiger partial charge on any atom is 0.203 e. The Morgan fingerprint density at radius 3 is 2.83 bits per heavy atom. The molecule has 0 saturated heterocycles. The fraction of sp³-hybridized carbons (Fsp3) is 0.231. The Labute approximate surface area is 108 Å². The van der Waals surface area contributed by atoms with Crippen molar-refractivity contribution in [2.45, 2.75) is 12.8 Å². The smallest absolute Gasteiger partial charge is 0.203 e. The number of hydrazone groups is 1. The summed E-state index contributed by atoms with van der Waals surface area (Å²) >= 11 is 1.49. The van der Waals surface area contributed by atoms with E-state index in [-0.39, 0.29) is 5.82 Å². The van der Waals surface area contributed by atoms with Gasteiger partial charge in [-0.05, 0) is 43.0 Å². The number of halogens is 1. The number of nitrogens with zero attached hydrogens (tertiary/aromatic N) is 2. The first-order valence-corrected chi connectivity index (χ1v) is 6.70. The highest BCUT2D eigenvalue weighted by Crippen LogP contribution is 2.27. The zero-order valence-corrected chi connectivity index (χ0v) is 10.5. The van der Waals surface area contributed by atoms with Gasteiger partial charge in [0.2, 0.25) is 5.13 Å². The SMILES string of the molecule is Fc1ccc(-c2csc(N/N=C/C3CC3)n2)cc1. The lowest BCUT2D eigenvalue weighted by atomic mass is 10.2. The molecule has 0 aliphatic heterocycles. The predicted octanol–water partition coefficient (Wildman–Crippen LogP) is 3.76. The van der Waals surface area contributed by atoms with E-state index >= 15 is 0 Å². The van der Waals surface area contributed by atoms with E-state index in [1.807, 2.05) is 11.6 Å². The first-order valence-electron chi connectivity index (χ1n) is 5.82. The van der Waals surface area contributed by atoms with Gasteiger partial charge >= 0.3 is 0 Å². The lowest BCUT2D eigenvalue weighted by Gasteiger charge is -1.95. The zero-order valence-electron chi connectivity index (χ0n) is 9.64. The van der Waals surface area contributed by atoms with Crippen molar-refractivity contribution in [2.75, 3.05) is 5.43 Å². The van der Waals surface area contributed by atoms with Gasteiger partial charge in [-0.15, -0.1) is 11.3 Å². The normalized spacial score (nSPS) is 15.2. The van der Waals surface area contributed by atoms with Crippen LogP contribution in [0.4, 0.5) is 9.52 Å². The molecule has 0 amide bonds. The van der Waals surface area contributed by atoms with Crippen LogP contribution in [-0.4, -0.2) is 11.2 Å². The van der Waals surface area contributed by atoms with Crippen LogP contribution in [0.25, 0.3) is 11.3 Å².